The third-order valence-corrected chi connectivity index (χ3v) is 8.59. The van der Waals surface area contributed by atoms with Gasteiger partial charge in [-0.15, -0.1) is 0 Å². The SMILES string of the molecule is CC(C)(c1cc2ncnc(Nc3ccc(F)c(Cl)c3)c2cc1NS(C)(=O)=O)N1CCN(S(C)(=O)=O)CC1. The number of aromatic nitrogens is 2. The summed E-state index contributed by atoms with van der Waals surface area (Å²) in [5, 5.41) is 3.58. The molecule has 2 heterocycles. The second kappa shape index (κ2) is 9.95. The monoisotopic (exact) mass is 570 g/mol. The van der Waals surface area contributed by atoms with Gasteiger partial charge in [-0.1, -0.05) is 11.6 Å². The van der Waals surface area contributed by atoms with E-state index in [-0.39, 0.29) is 5.02 Å². The molecule has 0 aliphatic carbocycles. The van der Waals surface area contributed by atoms with Crippen molar-refractivity contribution >= 4 is 59.7 Å². The summed E-state index contributed by atoms with van der Waals surface area (Å²) in [6.45, 7) is 5.52. The molecule has 1 fully saturated rings. The molecule has 2 aromatic carbocycles. The second-order valence-corrected chi connectivity index (χ2v) is 13.6. The smallest absolute Gasteiger partial charge is 0.229 e. The predicted octanol–water partition coefficient (Wildman–Crippen LogP) is 3.35. The molecule has 0 bridgehead atoms. The van der Waals surface area contributed by atoms with E-state index < -0.39 is 31.4 Å². The molecular formula is C23H28ClFN6O4S2. The van der Waals surface area contributed by atoms with Gasteiger partial charge in [0.2, 0.25) is 20.0 Å². The van der Waals surface area contributed by atoms with Crippen LogP contribution in [0.2, 0.25) is 5.02 Å². The fourth-order valence-corrected chi connectivity index (χ4v) is 6.03. The molecule has 0 unspecified atom stereocenters. The number of nitrogens with zero attached hydrogens (tertiary/aromatic N) is 4. The van der Waals surface area contributed by atoms with E-state index in [0.717, 1.165) is 6.26 Å². The summed E-state index contributed by atoms with van der Waals surface area (Å²) >= 11 is 5.91. The number of rotatable bonds is 7. The quantitative estimate of drug-likeness (QED) is 0.443. The van der Waals surface area contributed by atoms with Crippen LogP contribution in [-0.2, 0) is 25.6 Å². The lowest BCUT2D eigenvalue weighted by atomic mass is 9.89. The topological polar surface area (TPSA) is 125 Å². The maximum Gasteiger partial charge on any atom is 0.229 e. The summed E-state index contributed by atoms with van der Waals surface area (Å²) in [6, 6.07) is 7.63. The van der Waals surface area contributed by atoms with Crippen molar-refractivity contribution in [3.63, 3.8) is 0 Å². The summed E-state index contributed by atoms with van der Waals surface area (Å²) in [5.41, 5.74) is 1.40. The van der Waals surface area contributed by atoms with Gasteiger partial charge in [0.15, 0.2) is 0 Å². The van der Waals surface area contributed by atoms with Crippen LogP contribution in [0.4, 0.5) is 21.6 Å². The minimum atomic E-state index is -3.65. The molecule has 1 aliphatic rings. The Morgan fingerprint density at radius 1 is 1.00 bits per heavy atom. The van der Waals surface area contributed by atoms with Crippen LogP contribution in [0.15, 0.2) is 36.7 Å². The maximum absolute atomic E-state index is 13.6. The number of hydrogen-bond donors (Lipinski definition) is 2. The number of benzene rings is 2. The number of fused-ring (bicyclic) bond motifs is 1. The number of anilines is 3. The molecule has 4 rings (SSSR count). The van der Waals surface area contributed by atoms with Crippen molar-refractivity contribution in [1.29, 1.82) is 0 Å². The summed E-state index contributed by atoms with van der Waals surface area (Å²) in [6.07, 6.45) is 3.64. The van der Waals surface area contributed by atoms with Gasteiger partial charge < -0.3 is 5.32 Å². The van der Waals surface area contributed by atoms with Crippen molar-refractivity contribution in [3.8, 4) is 0 Å². The molecule has 14 heteroatoms. The standard InChI is InChI=1S/C23H28ClFN6O4S2/c1-23(2,30-7-9-31(10-8-30)37(4,34)35)17-13-20-16(12-21(17)29-36(3,32)33)22(27-14-26-20)28-15-5-6-19(25)18(24)11-15/h5-6,11-14,29H,7-10H2,1-4H3,(H,26,27,28). The minimum absolute atomic E-state index is 0.0530. The van der Waals surface area contributed by atoms with Crippen molar-refractivity contribution in [2.75, 3.05) is 48.7 Å². The van der Waals surface area contributed by atoms with Gasteiger partial charge in [0.25, 0.3) is 0 Å². The fourth-order valence-electron chi connectivity index (χ4n) is 4.45. The van der Waals surface area contributed by atoms with Crippen LogP contribution in [0.25, 0.3) is 10.9 Å². The summed E-state index contributed by atoms with van der Waals surface area (Å²) in [7, 11) is -6.94. The van der Waals surface area contributed by atoms with Crippen LogP contribution in [0.5, 0.6) is 0 Å². The average molecular weight is 571 g/mol. The molecule has 1 aliphatic heterocycles. The van der Waals surface area contributed by atoms with E-state index >= 15 is 0 Å². The zero-order valence-corrected chi connectivity index (χ0v) is 23.2. The Labute approximate surface area is 220 Å². The van der Waals surface area contributed by atoms with E-state index in [1.807, 2.05) is 13.8 Å². The van der Waals surface area contributed by atoms with Gasteiger partial charge in [0.05, 0.1) is 28.7 Å². The molecule has 1 saturated heterocycles. The number of sulfonamides is 2. The van der Waals surface area contributed by atoms with Crippen molar-refractivity contribution < 1.29 is 21.2 Å². The van der Waals surface area contributed by atoms with E-state index in [9.17, 15) is 21.2 Å². The summed E-state index contributed by atoms with van der Waals surface area (Å²) < 4.78 is 66.1. The molecule has 200 valence electrons. The Bertz CT molecular complexity index is 1560. The van der Waals surface area contributed by atoms with Crippen molar-refractivity contribution in [1.82, 2.24) is 19.2 Å². The third kappa shape index (κ3) is 6.12. The fraction of sp³-hybridized carbons (Fsp3) is 0.391. The Hall–Kier alpha value is -2.58. The molecule has 0 atom stereocenters. The first-order valence-corrected chi connectivity index (χ1v) is 15.5. The highest BCUT2D eigenvalue weighted by Gasteiger charge is 2.36. The molecule has 3 aromatic rings. The predicted molar refractivity (Wildman–Crippen MR) is 144 cm³/mol. The number of piperazine rings is 1. The zero-order valence-electron chi connectivity index (χ0n) is 20.8. The van der Waals surface area contributed by atoms with E-state index in [4.69, 9.17) is 11.6 Å². The van der Waals surface area contributed by atoms with E-state index in [0.29, 0.717) is 59.8 Å². The van der Waals surface area contributed by atoms with Crippen LogP contribution in [0, 0.1) is 5.82 Å². The molecule has 0 saturated carbocycles. The Morgan fingerprint density at radius 2 is 1.68 bits per heavy atom. The lowest BCUT2D eigenvalue weighted by Gasteiger charge is -2.44. The summed E-state index contributed by atoms with van der Waals surface area (Å²) in [5.74, 6) is -0.168. The van der Waals surface area contributed by atoms with Gasteiger partial charge in [0, 0.05) is 42.8 Å². The van der Waals surface area contributed by atoms with Crippen LogP contribution in [0.3, 0.4) is 0 Å². The van der Waals surface area contributed by atoms with Crippen molar-refractivity contribution in [3.05, 3.63) is 53.1 Å². The van der Waals surface area contributed by atoms with Gasteiger partial charge in [-0.05, 0) is 49.7 Å². The van der Waals surface area contributed by atoms with E-state index in [1.54, 1.807) is 12.1 Å². The molecule has 37 heavy (non-hydrogen) atoms. The van der Waals surface area contributed by atoms with Crippen molar-refractivity contribution in [2.45, 2.75) is 19.4 Å². The first-order valence-electron chi connectivity index (χ1n) is 11.3. The molecular weight excluding hydrogens is 543 g/mol. The lowest BCUT2D eigenvalue weighted by Crippen LogP contribution is -2.54. The van der Waals surface area contributed by atoms with Crippen LogP contribution >= 0.6 is 11.6 Å². The zero-order chi connectivity index (χ0) is 27.2. The van der Waals surface area contributed by atoms with Gasteiger partial charge >= 0.3 is 0 Å². The molecule has 0 spiro atoms. The van der Waals surface area contributed by atoms with Crippen LogP contribution in [0.1, 0.15) is 19.4 Å². The third-order valence-electron chi connectivity index (χ3n) is 6.41. The van der Waals surface area contributed by atoms with E-state index in [2.05, 4.69) is 24.9 Å². The Kier molecular flexibility index (Phi) is 7.38. The largest absolute Gasteiger partial charge is 0.340 e. The summed E-state index contributed by atoms with van der Waals surface area (Å²) in [4.78, 5) is 10.8. The highest BCUT2D eigenvalue weighted by molar-refractivity contribution is 7.92. The van der Waals surface area contributed by atoms with E-state index in [1.165, 1.54) is 35.1 Å². The van der Waals surface area contributed by atoms with Gasteiger partial charge in [-0.2, -0.15) is 4.31 Å². The van der Waals surface area contributed by atoms with Gasteiger partial charge in [0.1, 0.15) is 18.0 Å². The molecule has 0 radical (unpaired) electrons. The Morgan fingerprint density at radius 3 is 2.27 bits per heavy atom. The van der Waals surface area contributed by atoms with Gasteiger partial charge in [-0.3, -0.25) is 9.62 Å². The Balaban J connectivity index is 1.77. The van der Waals surface area contributed by atoms with Crippen LogP contribution in [-0.4, -0.2) is 74.7 Å². The maximum atomic E-state index is 13.6. The number of halogens is 2. The first-order chi connectivity index (χ1) is 17.1. The normalized spacial score (nSPS) is 16.2. The second-order valence-electron chi connectivity index (χ2n) is 9.47. The molecule has 2 N–H and O–H groups in total. The average Bonchev–Trinajstić information content (AvgIpc) is 2.80. The molecule has 1 aromatic heterocycles. The van der Waals surface area contributed by atoms with Gasteiger partial charge in [-0.25, -0.2) is 31.2 Å². The molecule has 10 nitrogen and oxygen atoms in total. The number of hydrogen-bond acceptors (Lipinski definition) is 8. The molecule has 0 amide bonds. The first kappa shape index (κ1) is 27.5. The number of nitrogens with one attached hydrogen (secondary N) is 2. The van der Waals surface area contributed by atoms with Crippen molar-refractivity contribution in [2.24, 2.45) is 0 Å². The highest BCUT2D eigenvalue weighted by Crippen LogP contribution is 2.38. The minimum Gasteiger partial charge on any atom is -0.340 e. The lowest BCUT2D eigenvalue weighted by molar-refractivity contribution is 0.0785. The van der Waals surface area contributed by atoms with Crippen LogP contribution < -0.4 is 10.0 Å². The highest BCUT2D eigenvalue weighted by atomic mass is 35.5.